The van der Waals surface area contributed by atoms with Gasteiger partial charge in [0.2, 0.25) is 6.29 Å². The van der Waals surface area contributed by atoms with Gasteiger partial charge in [-0.3, -0.25) is 4.79 Å². The van der Waals surface area contributed by atoms with Gasteiger partial charge in [0.25, 0.3) is 0 Å². The smallest absolute Gasteiger partial charge is 0.335 e. The van der Waals surface area contributed by atoms with E-state index in [1.54, 1.807) is 23.8 Å². The number of aromatic carboxylic acids is 1. The van der Waals surface area contributed by atoms with Gasteiger partial charge in [-0.1, -0.05) is 34.6 Å². The molecule has 8 unspecified atom stereocenters. The van der Waals surface area contributed by atoms with Crippen LogP contribution in [0.25, 0.3) is 10.8 Å². The highest BCUT2D eigenvalue weighted by atomic mass is 33.1. The number of ketones is 1. The minimum absolute atomic E-state index is 0.0330. The molecule has 5 rings (SSSR count). The predicted molar refractivity (Wildman–Crippen MR) is 176 cm³/mol. The van der Waals surface area contributed by atoms with Gasteiger partial charge in [0.15, 0.2) is 5.78 Å². The van der Waals surface area contributed by atoms with Crippen LogP contribution in [-0.2, 0) is 14.2 Å². The van der Waals surface area contributed by atoms with Gasteiger partial charge in [-0.05, 0) is 74.4 Å². The maximum absolute atomic E-state index is 12.4. The molecule has 8 atom stereocenters. The quantitative estimate of drug-likeness (QED) is 0.182. The van der Waals surface area contributed by atoms with Crippen molar-refractivity contribution < 1.29 is 59.2 Å². The summed E-state index contributed by atoms with van der Waals surface area (Å²) < 4.78 is 24.4. The predicted octanol–water partition coefficient (Wildman–Crippen LogP) is 3.50. The molecule has 2 aromatic rings. The molecule has 0 radical (unpaired) electrons. The van der Waals surface area contributed by atoms with E-state index in [0.29, 0.717) is 31.6 Å². The molecule has 6 N–H and O–H groups in total. The van der Waals surface area contributed by atoms with E-state index in [1.165, 1.54) is 23.8 Å². The molecule has 0 aliphatic carbocycles. The van der Waals surface area contributed by atoms with Crippen LogP contribution < -0.4 is 4.74 Å². The number of aromatic hydroxyl groups is 1. The molecule has 0 aromatic heterocycles. The summed E-state index contributed by atoms with van der Waals surface area (Å²) in [6.07, 6.45) is -3.83. The largest absolute Gasteiger partial charge is 0.506 e. The van der Waals surface area contributed by atoms with Crippen molar-refractivity contribution in [3.8, 4) is 11.5 Å². The summed E-state index contributed by atoms with van der Waals surface area (Å²) in [5.74, 6) is -1.08. The third-order valence-electron chi connectivity index (χ3n) is 10.2. The number of phenolic OH excluding ortho intramolecular Hbond substituents is 1. The number of fused-ring (bicyclic) bond motifs is 2. The summed E-state index contributed by atoms with van der Waals surface area (Å²) in [5.41, 5.74) is -1.45. The van der Waals surface area contributed by atoms with Gasteiger partial charge in [0, 0.05) is 24.4 Å². The van der Waals surface area contributed by atoms with Crippen LogP contribution in [-0.4, -0.2) is 111 Å². The molecule has 12 nitrogen and oxygen atoms in total. The lowest BCUT2D eigenvalue weighted by molar-refractivity contribution is -0.322. The van der Waals surface area contributed by atoms with Crippen molar-refractivity contribution in [1.82, 2.24) is 0 Å². The highest BCUT2D eigenvalue weighted by Gasteiger charge is 2.58. The van der Waals surface area contributed by atoms with Crippen LogP contribution in [0.4, 0.5) is 0 Å². The van der Waals surface area contributed by atoms with Gasteiger partial charge >= 0.3 is 5.97 Å². The zero-order valence-electron chi connectivity index (χ0n) is 26.7. The Labute approximate surface area is 281 Å². The van der Waals surface area contributed by atoms with Gasteiger partial charge in [-0.2, -0.15) is 0 Å². The summed E-state index contributed by atoms with van der Waals surface area (Å²) in [6.45, 7) is 5.66. The molecular weight excluding hydrogens is 652 g/mol. The summed E-state index contributed by atoms with van der Waals surface area (Å²) >= 11 is 0. The minimum Gasteiger partial charge on any atom is -0.506 e. The van der Waals surface area contributed by atoms with Gasteiger partial charge in [-0.15, -0.1) is 0 Å². The van der Waals surface area contributed by atoms with E-state index in [9.17, 15) is 40.2 Å². The van der Waals surface area contributed by atoms with Crippen molar-refractivity contribution in [3.05, 3.63) is 34.9 Å². The summed E-state index contributed by atoms with van der Waals surface area (Å²) in [5, 5.41) is 65.1. The van der Waals surface area contributed by atoms with E-state index in [2.05, 4.69) is 6.92 Å². The molecule has 0 bridgehead atoms. The highest BCUT2D eigenvalue weighted by molar-refractivity contribution is 8.76. The second-order valence-corrected chi connectivity index (χ2v) is 15.4. The fourth-order valence-electron chi connectivity index (χ4n) is 7.72. The third-order valence-corrected chi connectivity index (χ3v) is 12.4. The number of carbonyl (C=O) groups excluding carboxylic acids is 1. The van der Waals surface area contributed by atoms with Gasteiger partial charge < -0.3 is 49.6 Å². The Morgan fingerprint density at radius 2 is 1.89 bits per heavy atom. The Hall–Kier alpha value is -2.14. The lowest BCUT2D eigenvalue weighted by Gasteiger charge is -2.51. The molecule has 1 spiro atoms. The molecule has 3 aliphatic rings. The van der Waals surface area contributed by atoms with Crippen LogP contribution in [0, 0.1) is 24.2 Å². The Bertz CT molecular complexity index is 1460. The number of carboxylic acids is 1. The van der Waals surface area contributed by atoms with Crippen molar-refractivity contribution in [3.63, 3.8) is 0 Å². The number of carboxylic acid groups (broad SMARTS) is 1. The number of carbonyl (C=O) groups is 2. The molecule has 3 heterocycles. The Kier molecular flexibility index (Phi) is 11.4. The average Bonchev–Trinajstić information content (AvgIpc) is 3.05. The first-order valence-electron chi connectivity index (χ1n) is 15.8. The Morgan fingerprint density at radius 1 is 1.13 bits per heavy atom. The van der Waals surface area contributed by atoms with E-state index in [4.69, 9.17) is 18.9 Å². The second-order valence-electron chi connectivity index (χ2n) is 13.0. The van der Waals surface area contributed by atoms with Crippen LogP contribution >= 0.6 is 21.6 Å². The summed E-state index contributed by atoms with van der Waals surface area (Å²) in [4.78, 5) is 24.4. The molecule has 260 valence electrons. The number of rotatable bonds is 7. The Morgan fingerprint density at radius 3 is 2.57 bits per heavy atom. The van der Waals surface area contributed by atoms with Crippen molar-refractivity contribution in [2.75, 3.05) is 38.1 Å². The second kappa shape index (κ2) is 14.8. The zero-order valence-corrected chi connectivity index (χ0v) is 28.3. The van der Waals surface area contributed by atoms with Gasteiger partial charge in [-0.25, -0.2) is 4.79 Å². The van der Waals surface area contributed by atoms with Crippen LogP contribution in [0.15, 0.2) is 18.2 Å². The number of hydrogen-bond donors (Lipinski definition) is 6. The molecule has 0 amide bonds. The van der Waals surface area contributed by atoms with Crippen molar-refractivity contribution in [2.24, 2.45) is 17.3 Å². The van der Waals surface area contributed by atoms with Gasteiger partial charge in [0.1, 0.15) is 41.4 Å². The molecule has 2 aromatic carbocycles. The zero-order chi connectivity index (χ0) is 34.1. The van der Waals surface area contributed by atoms with Crippen molar-refractivity contribution in [2.45, 2.75) is 76.7 Å². The van der Waals surface area contributed by atoms with E-state index in [-0.39, 0.29) is 63.9 Å². The maximum Gasteiger partial charge on any atom is 0.335 e. The SMILES string of the molecule is CC(=O)c1c(C)cc2cc(C(=O)O)cc(OC3OC(CO)C4(CCC(C)C5CCOCC5(CCO)CSSCO4)C(O)C3O)c2c1O. The van der Waals surface area contributed by atoms with E-state index >= 15 is 0 Å². The number of benzene rings is 2. The van der Waals surface area contributed by atoms with Crippen molar-refractivity contribution in [1.29, 1.82) is 0 Å². The fraction of sp³-hybridized carbons (Fsp3) is 0.636. The summed E-state index contributed by atoms with van der Waals surface area (Å²) in [6, 6.07) is 4.04. The third kappa shape index (κ3) is 6.86. The van der Waals surface area contributed by atoms with Gasteiger partial charge in [0.05, 0.1) is 29.7 Å². The number of phenols is 1. The van der Waals surface area contributed by atoms with Crippen LogP contribution in [0.3, 0.4) is 0 Å². The monoisotopic (exact) mass is 696 g/mol. The number of aryl methyl sites for hydroxylation is 1. The summed E-state index contributed by atoms with van der Waals surface area (Å²) in [7, 11) is 3.02. The number of ether oxygens (including phenoxy) is 4. The van der Waals surface area contributed by atoms with Crippen LogP contribution in [0.5, 0.6) is 11.5 Å². The Balaban J connectivity index is 1.48. The van der Waals surface area contributed by atoms with Crippen molar-refractivity contribution >= 4 is 44.1 Å². The first-order chi connectivity index (χ1) is 22.4. The molecule has 3 aliphatic heterocycles. The number of aliphatic hydroxyl groups is 4. The molecule has 3 saturated heterocycles. The standard InChI is InChI=1S/C33H44O12S2/c1-17-4-6-33(43-16-47-46-15-32(7-8-34)14-42-9-5-22(17)32)24(13-35)45-31(28(38)29(33)39)44-23-12-21(30(40)41)11-20-10-18(2)25(19(3)36)27(37)26(20)23/h10-12,17,22,24,28-29,31,34-35,37-39H,4-9,13-16H2,1-3H3,(H,40,41). The molecule has 47 heavy (non-hydrogen) atoms. The normalized spacial score (nSPS) is 33.6. The fourth-order valence-corrected chi connectivity index (χ4v) is 10.1. The van der Waals surface area contributed by atoms with E-state index in [1.807, 2.05) is 0 Å². The van der Waals surface area contributed by atoms with Crippen LogP contribution in [0.1, 0.15) is 65.8 Å². The average molecular weight is 697 g/mol. The highest BCUT2D eigenvalue weighted by Crippen LogP contribution is 2.50. The molecular formula is C33H44O12S2. The lowest BCUT2D eigenvalue weighted by atomic mass is 9.65. The lowest BCUT2D eigenvalue weighted by Crippen LogP contribution is -2.69. The molecule has 0 saturated carbocycles. The molecule has 14 heteroatoms. The number of aliphatic hydroxyl groups excluding tert-OH is 4. The minimum atomic E-state index is -1.71. The number of hydrogen-bond acceptors (Lipinski definition) is 13. The van der Waals surface area contributed by atoms with E-state index in [0.717, 1.165) is 18.2 Å². The first kappa shape index (κ1) is 36.1. The topological polar surface area (TPSA) is 192 Å². The molecule has 3 fully saturated rings. The van der Waals surface area contributed by atoms with E-state index < -0.39 is 54.3 Å². The maximum atomic E-state index is 12.4. The first-order valence-corrected chi connectivity index (χ1v) is 18.3. The van der Waals surface area contributed by atoms with Crippen LogP contribution in [0.2, 0.25) is 0 Å². The number of Topliss-reactive ketones (excluding diaryl/α,β-unsaturated/α-hetero) is 1.